The molecule has 0 spiro atoms. The number of ether oxygens (including phenoxy) is 1. The van der Waals surface area contributed by atoms with Gasteiger partial charge in [-0.1, -0.05) is 30.3 Å². The number of para-hydroxylation sites is 1. The summed E-state index contributed by atoms with van der Waals surface area (Å²) in [4.78, 5) is 12.2. The van der Waals surface area contributed by atoms with E-state index in [0.29, 0.717) is 12.0 Å². The number of carbonyl (C=O) groups is 1. The summed E-state index contributed by atoms with van der Waals surface area (Å²) < 4.78 is 42.4. The minimum atomic E-state index is -2.91. The highest BCUT2D eigenvalue weighted by Gasteiger charge is 2.43. The Morgan fingerprint density at radius 1 is 1.21 bits per heavy atom. The Morgan fingerprint density at radius 2 is 2.00 bits per heavy atom. The molecule has 1 aliphatic carbocycles. The third-order valence-electron chi connectivity index (χ3n) is 4.05. The molecular weight excluding hydrogens is 319 g/mol. The van der Waals surface area contributed by atoms with Crippen molar-refractivity contribution in [3.05, 3.63) is 65.5 Å². The summed E-state index contributed by atoms with van der Waals surface area (Å²) in [5.41, 5.74) is 1.28. The van der Waals surface area contributed by atoms with E-state index in [0.717, 1.165) is 5.56 Å². The van der Waals surface area contributed by atoms with Crippen molar-refractivity contribution in [2.45, 2.75) is 25.5 Å². The standard InChI is InChI=1S/C18H16F3NO2/c19-13-6-3-5-11(8-13)14-9-15(14)17(23)22-10-12-4-1-2-7-16(12)24-18(20)21/h1-8,14-15,18H,9-10H2,(H,22,23). The van der Waals surface area contributed by atoms with Crippen molar-refractivity contribution in [1.82, 2.24) is 5.32 Å². The minimum absolute atomic E-state index is 0.00765. The predicted molar refractivity (Wildman–Crippen MR) is 82.2 cm³/mol. The van der Waals surface area contributed by atoms with Gasteiger partial charge in [0, 0.05) is 18.0 Å². The molecule has 0 aliphatic heterocycles. The highest BCUT2D eigenvalue weighted by Crippen LogP contribution is 2.47. The number of hydrogen-bond acceptors (Lipinski definition) is 2. The number of halogens is 3. The summed E-state index contributed by atoms with van der Waals surface area (Å²) in [6.07, 6.45) is 0.657. The summed E-state index contributed by atoms with van der Waals surface area (Å²) in [6, 6.07) is 12.5. The quantitative estimate of drug-likeness (QED) is 0.871. The van der Waals surface area contributed by atoms with Crippen LogP contribution in [-0.2, 0) is 11.3 Å². The van der Waals surface area contributed by atoms with Crippen LogP contribution in [0, 0.1) is 11.7 Å². The van der Waals surface area contributed by atoms with E-state index >= 15 is 0 Å². The van der Waals surface area contributed by atoms with Crippen LogP contribution in [0.1, 0.15) is 23.5 Å². The fraction of sp³-hybridized carbons (Fsp3) is 0.278. The van der Waals surface area contributed by atoms with Gasteiger partial charge in [-0.05, 0) is 36.1 Å². The van der Waals surface area contributed by atoms with Crippen LogP contribution in [0.2, 0.25) is 0 Å². The second kappa shape index (κ2) is 6.95. The van der Waals surface area contributed by atoms with Crippen molar-refractivity contribution in [1.29, 1.82) is 0 Å². The molecule has 3 nitrogen and oxygen atoms in total. The Bertz CT molecular complexity index is 736. The van der Waals surface area contributed by atoms with E-state index in [9.17, 15) is 18.0 Å². The minimum Gasteiger partial charge on any atom is -0.434 e. The SMILES string of the molecule is O=C(NCc1ccccc1OC(F)F)C1CC1c1cccc(F)c1. The molecule has 2 aromatic carbocycles. The van der Waals surface area contributed by atoms with E-state index in [1.807, 2.05) is 0 Å². The highest BCUT2D eigenvalue weighted by molar-refractivity contribution is 5.82. The zero-order valence-corrected chi connectivity index (χ0v) is 12.7. The first-order valence-corrected chi connectivity index (χ1v) is 7.60. The molecule has 0 bridgehead atoms. The van der Waals surface area contributed by atoms with Crippen LogP contribution in [0.25, 0.3) is 0 Å². The number of amides is 1. The lowest BCUT2D eigenvalue weighted by atomic mass is 10.1. The van der Waals surface area contributed by atoms with Crippen LogP contribution in [0.5, 0.6) is 5.75 Å². The normalized spacial score (nSPS) is 19.2. The molecule has 1 saturated carbocycles. The lowest BCUT2D eigenvalue weighted by Gasteiger charge is -2.11. The molecule has 0 heterocycles. The fourth-order valence-electron chi connectivity index (χ4n) is 2.76. The summed E-state index contributed by atoms with van der Waals surface area (Å²) in [5.74, 6) is -0.652. The zero-order valence-electron chi connectivity index (χ0n) is 12.7. The average molecular weight is 335 g/mol. The monoisotopic (exact) mass is 335 g/mol. The molecule has 2 atom stereocenters. The Balaban J connectivity index is 1.58. The number of alkyl halides is 2. The average Bonchev–Trinajstić information content (AvgIpc) is 3.34. The van der Waals surface area contributed by atoms with Gasteiger partial charge in [-0.2, -0.15) is 8.78 Å². The summed E-state index contributed by atoms with van der Waals surface area (Å²) >= 11 is 0. The molecule has 2 aromatic rings. The van der Waals surface area contributed by atoms with Crippen molar-refractivity contribution in [3.8, 4) is 5.75 Å². The van der Waals surface area contributed by atoms with Crippen molar-refractivity contribution in [2.24, 2.45) is 5.92 Å². The molecule has 0 radical (unpaired) electrons. The van der Waals surface area contributed by atoms with Gasteiger partial charge in [-0.3, -0.25) is 4.79 Å². The van der Waals surface area contributed by atoms with E-state index in [1.165, 1.54) is 18.2 Å². The van der Waals surface area contributed by atoms with Gasteiger partial charge < -0.3 is 10.1 Å². The number of benzene rings is 2. The summed E-state index contributed by atoms with van der Waals surface area (Å²) in [5, 5.41) is 2.73. The van der Waals surface area contributed by atoms with E-state index < -0.39 is 6.61 Å². The van der Waals surface area contributed by atoms with Gasteiger partial charge >= 0.3 is 6.61 Å². The van der Waals surface area contributed by atoms with Crippen LogP contribution < -0.4 is 10.1 Å². The lowest BCUT2D eigenvalue weighted by molar-refractivity contribution is -0.122. The smallest absolute Gasteiger partial charge is 0.387 e. The number of carbonyl (C=O) groups excluding carboxylic acids is 1. The van der Waals surface area contributed by atoms with Gasteiger partial charge in [0.2, 0.25) is 5.91 Å². The molecule has 24 heavy (non-hydrogen) atoms. The Labute approximate surface area is 137 Å². The summed E-state index contributed by atoms with van der Waals surface area (Å²) in [6.45, 7) is -2.81. The van der Waals surface area contributed by atoms with Crippen LogP contribution in [-0.4, -0.2) is 12.5 Å². The largest absolute Gasteiger partial charge is 0.434 e. The molecule has 1 amide bonds. The first-order valence-electron chi connectivity index (χ1n) is 7.60. The van der Waals surface area contributed by atoms with Crippen LogP contribution in [0.4, 0.5) is 13.2 Å². The summed E-state index contributed by atoms with van der Waals surface area (Å²) in [7, 11) is 0. The van der Waals surface area contributed by atoms with E-state index in [4.69, 9.17) is 0 Å². The molecule has 0 aromatic heterocycles. The van der Waals surface area contributed by atoms with Gasteiger partial charge in [-0.15, -0.1) is 0 Å². The van der Waals surface area contributed by atoms with Gasteiger partial charge in [0.1, 0.15) is 11.6 Å². The molecular formula is C18H16F3NO2. The second-order valence-electron chi connectivity index (χ2n) is 5.71. The Hall–Kier alpha value is -2.50. The zero-order chi connectivity index (χ0) is 17.1. The topological polar surface area (TPSA) is 38.3 Å². The van der Waals surface area contributed by atoms with Crippen molar-refractivity contribution >= 4 is 5.91 Å². The number of hydrogen-bond donors (Lipinski definition) is 1. The van der Waals surface area contributed by atoms with Gasteiger partial charge in [0.25, 0.3) is 0 Å². The third kappa shape index (κ3) is 3.88. The van der Waals surface area contributed by atoms with Crippen molar-refractivity contribution < 1.29 is 22.7 Å². The molecule has 0 saturated heterocycles. The first kappa shape index (κ1) is 16.4. The van der Waals surface area contributed by atoms with E-state index in [2.05, 4.69) is 10.1 Å². The molecule has 3 rings (SSSR count). The second-order valence-corrected chi connectivity index (χ2v) is 5.71. The van der Waals surface area contributed by atoms with Crippen LogP contribution in [0.3, 0.4) is 0 Å². The maximum Gasteiger partial charge on any atom is 0.387 e. The third-order valence-corrected chi connectivity index (χ3v) is 4.05. The molecule has 1 N–H and O–H groups in total. The van der Waals surface area contributed by atoms with Crippen LogP contribution >= 0.6 is 0 Å². The van der Waals surface area contributed by atoms with E-state index in [1.54, 1.807) is 30.3 Å². The predicted octanol–water partition coefficient (Wildman–Crippen LogP) is 3.85. The molecule has 2 unspecified atom stereocenters. The van der Waals surface area contributed by atoms with Crippen molar-refractivity contribution in [2.75, 3.05) is 0 Å². The molecule has 6 heteroatoms. The Morgan fingerprint density at radius 3 is 2.75 bits per heavy atom. The maximum absolute atomic E-state index is 13.2. The first-order chi connectivity index (χ1) is 11.5. The van der Waals surface area contributed by atoms with Gasteiger partial charge in [-0.25, -0.2) is 4.39 Å². The van der Waals surface area contributed by atoms with Gasteiger partial charge in [0.05, 0.1) is 0 Å². The van der Waals surface area contributed by atoms with Crippen molar-refractivity contribution in [3.63, 3.8) is 0 Å². The molecule has 1 fully saturated rings. The molecule has 1 aliphatic rings. The number of nitrogens with one attached hydrogen (secondary N) is 1. The Kier molecular flexibility index (Phi) is 4.74. The maximum atomic E-state index is 13.2. The van der Waals surface area contributed by atoms with Crippen LogP contribution in [0.15, 0.2) is 48.5 Å². The highest BCUT2D eigenvalue weighted by atomic mass is 19.3. The molecule has 126 valence electrons. The van der Waals surface area contributed by atoms with E-state index in [-0.39, 0.29) is 35.9 Å². The van der Waals surface area contributed by atoms with Gasteiger partial charge in [0.15, 0.2) is 0 Å². The number of rotatable bonds is 6. The lowest BCUT2D eigenvalue weighted by Crippen LogP contribution is -2.25. The fourth-order valence-corrected chi connectivity index (χ4v) is 2.76.